The van der Waals surface area contributed by atoms with Crippen LogP contribution >= 0.6 is 0 Å². The van der Waals surface area contributed by atoms with Gasteiger partial charge in [0.05, 0.1) is 5.69 Å². The first-order chi connectivity index (χ1) is 7.70. The van der Waals surface area contributed by atoms with Crippen molar-refractivity contribution < 1.29 is 9.90 Å². The quantitative estimate of drug-likeness (QED) is 0.770. The van der Waals surface area contributed by atoms with E-state index in [0.29, 0.717) is 12.1 Å². The fraction of sp³-hybridized carbons (Fsp3) is 0.154. The van der Waals surface area contributed by atoms with Crippen LogP contribution in [0.2, 0.25) is 0 Å². The van der Waals surface area contributed by atoms with Crippen molar-refractivity contribution in [3.8, 4) is 0 Å². The van der Waals surface area contributed by atoms with Crippen LogP contribution < -0.4 is 4.90 Å². The maximum absolute atomic E-state index is 11.1. The standard InChI is InChI=1S/C13H15NO2/c1-3-7-11-8-5-6-9-12(11)14(10-4-2)13(15)16/h3-6,8-9H,1-2,7,10H2,(H,15,16). The van der Waals surface area contributed by atoms with Crippen molar-refractivity contribution in [2.45, 2.75) is 6.42 Å². The Morgan fingerprint density at radius 3 is 2.56 bits per heavy atom. The number of nitrogens with zero attached hydrogens (tertiary/aromatic N) is 1. The van der Waals surface area contributed by atoms with Crippen molar-refractivity contribution in [1.29, 1.82) is 0 Å². The molecule has 1 amide bonds. The van der Waals surface area contributed by atoms with E-state index < -0.39 is 6.09 Å². The van der Waals surface area contributed by atoms with Crippen LogP contribution in [-0.2, 0) is 6.42 Å². The minimum atomic E-state index is -0.976. The molecule has 0 fully saturated rings. The number of hydrogen-bond acceptors (Lipinski definition) is 1. The Bertz CT molecular complexity index is 399. The Morgan fingerprint density at radius 2 is 2.00 bits per heavy atom. The van der Waals surface area contributed by atoms with Gasteiger partial charge in [0.15, 0.2) is 0 Å². The van der Waals surface area contributed by atoms with Crippen LogP contribution in [0.4, 0.5) is 10.5 Å². The summed E-state index contributed by atoms with van der Waals surface area (Å²) in [5.41, 5.74) is 1.64. The summed E-state index contributed by atoms with van der Waals surface area (Å²) in [6.07, 6.45) is 3.00. The van der Waals surface area contributed by atoms with Crippen molar-refractivity contribution in [2.24, 2.45) is 0 Å². The Hall–Kier alpha value is -2.03. The third-order valence-electron chi connectivity index (χ3n) is 2.19. The molecule has 0 aromatic heterocycles. The van der Waals surface area contributed by atoms with Crippen LogP contribution in [0.5, 0.6) is 0 Å². The number of para-hydroxylation sites is 1. The number of anilines is 1. The zero-order chi connectivity index (χ0) is 12.0. The molecule has 1 aromatic rings. The third kappa shape index (κ3) is 2.73. The molecule has 0 spiro atoms. The lowest BCUT2D eigenvalue weighted by molar-refractivity contribution is 0.202. The maximum atomic E-state index is 11.1. The van der Waals surface area contributed by atoms with Gasteiger partial charge in [-0.15, -0.1) is 13.2 Å². The normalized spacial score (nSPS) is 9.50. The number of benzene rings is 1. The van der Waals surface area contributed by atoms with E-state index in [0.717, 1.165) is 5.56 Å². The number of allylic oxidation sites excluding steroid dienone is 1. The molecular formula is C13H15NO2. The van der Waals surface area contributed by atoms with Gasteiger partial charge in [-0.2, -0.15) is 0 Å². The average Bonchev–Trinajstić information content (AvgIpc) is 2.27. The second-order valence-electron chi connectivity index (χ2n) is 3.30. The predicted molar refractivity (Wildman–Crippen MR) is 65.9 cm³/mol. The van der Waals surface area contributed by atoms with Gasteiger partial charge in [-0.05, 0) is 18.1 Å². The summed E-state index contributed by atoms with van der Waals surface area (Å²) in [5.74, 6) is 0. The summed E-state index contributed by atoms with van der Waals surface area (Å²) in [6.45, 7) is 7.50. The van der Waals surface area contributed by atoms with Crippen molar-refractivity contribution in [1.82, 2.24) is 0 Å². The molecule has 0 heterocycles. The second-order valence-corrected chi connectivity index (χ2v) is 3.30. The molecule has 1 N–H and O–H groups in total. The monoisotopic (exact) mass is 217 g/mol. The minimum Gasteiger partial charge on any atom is -0.465 e. The van der Waals surface area contributed by atoms with Crippen LogP contribution in [-0.4, -0.2) is 17.7 Å². The molecule has 0 saturated heterocycles. The molecule has 0 bridgehead atoms. The van der Waals surface area contributed by atoms with Crippen LogP contribution in [0.3, 0.4) is 0 Å². The Kier molecular flexibility index (Phi) is 4.33. The summed E-state index contributed by atoms with van der Waals surface area (Å²) in [7, 11) is 0. The number of amides is 1. The Labute approximate surface area is 95.3 Å². The van der Waals surface area contributed by atoms with Crippen molar-refractivity contribution in [3.05, 3.63) is 55.1 Å². The van der Waals surface area contributed by atoms with Crippen LogP contribution in [0, 0.1) is 0 Å². The van der Waals surface area contributed by atoms with Gasteiger partial charge in [0, 0.05) is 6.54 Å². The van der Waals surface area contributed by atoms with E-state index in [-0.39, 0.29) is 6.54 Å². The van der Waals surface area contributed by atoms with E-state index in [2.05, 4.69) is 13.2 Å². The highest BCUT2D eigenvalue weighted by molar-refractivity contribution is 5.87. The number of rotatable bonds is 5. The first-order valence-corrected chi connectivity index (χ1v) is 5.01. The van der Waals surface area contributed by atoms with Crippen LogP contribution in [0.1, 0.15) is 5.56 Å². The van der Waals surface area contributed by atoms with Crippen LogP contribution in [0.25, 0.3) is 0 Å². The third-order valence-corrected chi connectivity index (χ3v) is 2.19. The highest BCUT2D eigenvalue weighted by atomic mass is 16.4. The Morgan fingerprint density at radius 1 is 1.31 bits per heavy atom. The maximum Gasteiger partial charge on any atom is 0.412 e. The second kappa shape index (κ2) is 5.75. The van der Waals surface area contributed by atoms with Gasteiger partial charge in [-0.25, -0.2) is 4.79 Å². The van der Waals surface area contributed by atoms with Crippen LogP contribution in [0.15, 0.2) is 49.6 Å². The highest BCUT2D eigenvalue weighted by Gasteiger charge is 2.14. The zero-order valence-electron chi connectivity index (χ0n) is 9.10. The summed E-state index contributed by atoms with van der Waals surface area (Å²) in [5, 5.41) is 9.10. The van der Waals surface area contributed by atoms with Crippen molar-refractivity contribution >= 4 is 11.8 Å². The average molecular weight is 217 g/mol. The van der Waals surface area contributed by atoms with E-state index >= 15 is 0 Å². The molecule has 3 heteroatoms. The summed E-state index contributed by atoms with van der Waals surface area (Å²) in [4.78, 5) is 12.4. The lowest BCUT2D eigenvalue weighted by Gasteiger charge is -2.20. The molecule has 0 saturated carbocycles. The molecule has 0 unspecified atom stereocenters. The van der Waals surface area contributed by atoms with Gasteiger partial charge < -0.3 is 5.11 Å². The summed E-state index contributed by atoms with van der Waals surface area (Å²) < 4.78 is 0. The molecule has 0 aliphatic carbocycles. The minimum absolute atomic E-state index is 0.281. The fourth-order valence-electron chi connectivity index (χ4n) is 1.51. The first kappa shape index (κ1) is 12.0. The zero-order valence-corrected chi connectivity index (χ0v) is 9.10. The molecule has 0 atom stereocenters. The van der Waals surface area contributed by atoms with E-state index in [9.17, 15) is 4.79 Å². The van der Waals surface area contributed by atoms with Crippen molar-refractivity contribution in [2.75, 3.05) is 11.4 Å². The molecule has 84 valence electrons. The smallest absolute Gasteiger partial charge is 0.412 e. The van der Waals surface area contributed by atoms with Crippen molar-refractivity contribution in [3.63, 3.8) is 0 Å². The summed E-state index contributed by atoms with van der Waals surface area (Å²) in [6, 6.07) is 7.39. The topological polar surface area (TPSA) is 40.5 Å². The van der Waals surface area contributed by atoms with Gasteiger partial charge >= 0.3 is 6.09 Å². The van der Waals surface area contributed by atoms with Gasteiger partial charge in [-0.3, -0.25) is 4.90 Å². The van der Waals surface area contributed by atoms with E-state index in [4.69, 9.17) is 5.11 Å². The molecule has 0 radical (unpaired) electrons. The molecule has 1 rings (SSSR count). The number of hydrogen-bond donors (Lipinski definition) is 1. The SMILES string of the molecule is C=CCc1ccccc1N(CC=C)C(=O)O. The molecule has 3 nitrogen and oxygen atoms in total. The van der Waals surface area contributed by atoms with E-state index in [1.54, 1.807) is 18.2 Å². The van der Waals surface area contributed by atoms with Gasteiger partial charge in [-0.1, -0.05) is 30.4 Å². The largest absolute Gasteiger partial charge is 0.465 e. The van der Waals surface area contributed by atoms with Gasteiger partial charge in [0.25, 0.3) is 0 Å². The lowest BCUT2D eigenvalue weighted by atomic mass is 10.1. The molecule has 0 aliphatic heterocycles. The molecule has 16 heavy (non-hydrogen) atoms. The molecule has 0 aliphatic rings. The lowest BCUT2D eigenvalue weighted by Crippen LogP contribution is -2.30. The summed E-state index contributed by atoms with van der Waals surface area (Å²) >= 11 is 0. The number of carboxylic acid groups (broad SMARTS) is 1. The molecule has 1 aromatic carbocycles. The molecular weight excluding hydrogens is 202 g/mol. The predicted octanol–water partition coefficient (Wildman–Crippen LogP) is 3.09. The first-order valence-electron chi connectivity index (χ1n) is 5.01. The number of carbonyl (C=O) groups is 1. The fourth-order valence-corrected chi connectivity index (χ4v) is 1.51. The van der Waals surface area contributed by atoms with E-state index in [1.807, 2.05) is 18.2 Å². The Balaban J connectivity index is 3.11. The van der Waals surface area contributed by atoms with Gasteiger partial charge in [0.1, 0.15) is 0 Å². The van der Waals surface area contributed by atoms with E-state index in [1.165, 1.54) is 4.90 Å². The highest BCUT2D eigenvalue weighted by Crippen LogP contribution is 2.21. The van der Waals surface area contributed by atoms with Gasteiger partial charge in [0.2, 0.25) is 0 Å².